The zero-order chi connectivity index (χ0) is 14.3. The van der Waals surface area contributed by atoms with Gasteiger partial charge in [-0.3, -0.25) is 9.59 Å². The van der Waals surface area contributed by atoms with Crippen LogP contribution in [0.4, 0.5) is 0 Å². The molecule has 0 aliphatic rings. The van der Waals surface area contributed by atoms with Gasteiger partial charge in [-0.25, -0.2) is 0 Å². The number of esters is 2. The highest BCUT2D eigenvalue weighted by atomic mass is 16.6. The van der Waals surface area contributed by atoms with Gasteiger partial charge in [-0.2, -0.15) is 0 Å². The number of rotatable bonds is 11. The van der Waals surface area contributed by atoms with Crippen LogP contribution in [0.25, 0.3) is 0 Å². The van der Waals surface area contributed by atoms with E-state index in [0.29, 0.717) is 6.42 Å². The van der Waals surface area contributed by atoms with Crippen LogP contribution >= 0.6 is 0 Å². The molecule has 0 aromatic carbocycles. The van der Waals surface area contributed by atoms with Gasteiger partial charge in [-0.15, -0.1) is 0 Å². The fourth-order valence-corrected chi connectivity index (χ4v) is 1.83. The number of carbonyl (C=O) groups excluding carboxylic acids is 2. The Hall–Kier alpha value is -1.12. The van der Waals surface area contributed by atoms with E-state index in [4.69, 9.17) is 0 Å². The van der Waals surface area contributed by atoms with Crippen LogP contribution in [0.2, 0.25) is 0 Å². The van der Waals surface area contributed by atoms with Gasteiger partial charge >= 0.3 is 11.9 Å². The Balaban J connectivity index is 3.21. The van der Waals surface area contributed by atoms with Crippen molar-refractivity contribution in [2.24, 2.45) is 0 Å². The minimum absolute atomic E-state index is 0.358. The summed E-state index contributed by atoms with van der Waals surface area (Å²) in [6.45, 7) is 3.46. The van der Waals surface area contributed by atoms with Gasteiger partial charge in [0.2, 0.25) is 0 Å². The molecule has 0 fully saturated rings. The molecule has 3 nitrogen and oxygen atoms in total. The molecule has 0 aliphatic heterocycles. The number of carbonyl (C=O) groups is 2. The van der Waals surface area contributed by atoms with Gasteiger partial charge in [0.25, 0.3) is 0 Å². The maximum absolute atomic E-state index is 11.1. The van der Waals surface area contributed by atoms with Crippen molar-refractivity contribution in [3.63, 3.8) is 0 Å². The van der Waals surface area contributed by atoms with Crippen LogP contribution in [0, 0.1) is 0 Å². The summed E-state index contributed by atoms with van der Waals surface area (Å²) in [6, 6.07) is 0. The molecule has 0 aliphatic carbocycles. The maximum Gasteiger partial charge on any atom is 0.313 e. The molecule has 0 aromatic heterocycles. The molecular weight excluding hydrogens is 240 g/mol. The highest BCUT2D eigenvalue weighted by Gasteiger charge is 2.04. The predicted octanol–water partition coefficient (Wildman–Crippen LogP) is 4.55. The van der Waals surface area contributed by atoms with Gasteiger partial charge in [-0.1, -0.05) is 51.2 Å². The summed E-state index contributed by atoms with van der Waals surface area (Å²) in [5, 5.41) is 0. The van der Waals surface area contributed by atoms with Crippen LogP contribution in [-0.4, -0.2) is 11.9 Å². The summed E-state index contributed by atoms with van der Waals surface area (Å²) >= 11 is 0. The Kier molecular flexibility index (Phi) is 12.5. The lowest BCUT2D eigenvalue weighted by Crippen LogP contribution is -2.08. The molecule has 0 atom stereocenters. The first-order chi connectivity index (χ1) is 9.16. The van der Waals surface area contributed by atoms with Crippen molar-refractivity contribution in [1.29, 1.82) is 0 Å². The molecule has 0 saturated heterocycles. The first-order valence-electron chi connectivity index (χ1n) is 7.53. The molecule has 110 valence electrons. The molecule has 0 heterocycles. The zero-order valence-electron chi connectivity index (χ0n) is 12.5. The van der Waals surface area contributed by atoms with E-state index in [2.05, 4.69) is 23.8 Å². The quantitative estimate of drug-likeness (QED) is 0.239. The summed E-state index contributed by atoms with van der Waals surface area (Å²) in [7, 11) is 0. The molecule has 0 radical (unpaired) electrons. The average Bonchev–Trinajstić information content (AvgIpc) is 2.35. The topological polar surface area (TPSA) is 43.4 Å². The second-order valence-electron chi connectivity index (χ2n) is 4.89. The number of allylic oxidation sites excluding steroid dienone is 2. The second-order valence-corrected chi connectivity index (χ2v) is 4.89. The Morgan fingerprint density at radius 2 is 1.47 bits per heavy atom. The molecule has 0 spiro atoms. The normalized spacial score (nSPS) is 10.8. The zero-order valence-corrected chi connectivity index (χ0v) is 12.5. The van der Waals surface area contributed by atoms with E-state index in [1.54, 1.807) is 0 Å². The van der Waals surface area contributed by atoms with Crippen LogP contribution in [0.15, 0.2) is 12.2 Å². The Labute approximate surface area is 117 Å². The third kappa shape index (κ3) is 14.8. The first-order valence-corrected chi connectivity index (χ1v) is 7.53. The van der Waals surface area contributed by atoms with E-state index in [-0.39, 0.29) is 0 Å². The van der Waals surface area contributed by atoms with Gasteiger partial charge < -0.3 is 4.74 Å². The van der Waals surface area contributed by atoms with Crippen molar-refractivity contribution in [2.75, 3.05) is 0 Å². The molecule has 0 rings (SSSR count). The SMILES string of the molecule is CCCCC=CCCCCCCCC(=O)OC(C)=O. The maximum atomic E-state index is 11.1. The van der Waals surface area contributed by atoms with Gasteiger partial charge in [0, 0.05) is 13.3 Å². The minimum Gasteiger partial charge on any atom is -0.393 e. The smallest absolute Gasteiger partial charge is 0.313 e. The minimum atomic E-state index is -0.514. The van der Waals surface area contributed by atoms with Crippen LogP contribution in [0.3, 0.4) is 0 Å². The summed E-state index contributed by atoms with van der Waals surface area (Å²) in [5.41, 5.74) is 0. The summed E-state index contributed by atoms with van der Waals surface area (Å²) in [5.74, 6) is -0.911. The fourth-order valence-electron chi connectivity index (χ4n) is 1.83. The molecule has 0 N–H and O–H groups in total. The molecule has 0 bridgehead atoms. The molecule has 0 amide bonds. The average molecular weight is 268 g/mol. The molecular formula is C16H28O3. The molecule has 0 aromatic rings. The van der Waals surface area contributed by atoms with Crippen LogP contribution < -0.4 is 0 Å². The lowest BCUT2D eigenvalue weighted by Gasteiger charge is -2.00. The van der Waals surface area contributed by atoms with E-state index in [9.17, 15) is 9.59 Å². The Morgan fingerprint density at radius 3 is 2.11 bits per heavy atom. The van der Waals surface area contributed by atoms with Gasteiger partial charge in [0.1, 0.15) is 0 Å². The summed E-state index contributed by atoms with van der Waals surface area (Å²) in [6.07, 6.45) is 15.3. The van der Waals surface area contributed by atoms with Crippen molar-refractivity contribution in [3.8, 4) is 0 Å². The predicted molar refractivity (Wildman–Crippen MR) is 77.8 cm³/mol. The Bertz CT molecular complexity index is 269. The van der Waals surface area contributed by atoms with Crippen molar-refractivity contribution >= 4 is 11.9 Å². The van der Waals surface area contributed by atoms with Crippen molar-refractivity contribution < 1.29 is 14.3 Å². The largest absolute Gasteiger partial charge is 0.393 e. The number of unbranched alkanes of at least 4 members (excludes halogenated alkanes) is 7. The van der Waals surface area contributed by atoms with Gasteiger partial charge in [0.15, 0.2) is 0 Å². The number of hydrogen-bond donors (Lipinski definition) is 0. The van der Waals surface area contributed by atoms with Crippen LogP contribution in [-0.2, 0) is 14.3 Å². The molecule has 0 unspecified atom stereocenters. The second kappa shape index (κ2) is 13.3. The lowest BCUT2D eigenvalue weighted by atomic mass is 10.1. The van der Waals surface area contributed by atoms with Gasteiger partial charge in [-0.05, 0) is 25.7 Å². The Morgan fingerprint density at radius 1 is 0.895 bits per heavy atom. The first kappa shape index (κ1) is 17.9. The van der Waals surface area contributed by atoms with E-state index in [0.717, 1.165) is 25.7 Å². The number of hydrogen-bond acceptors (Lipinski definition) is 3. The van der Waals surface area contributed by atoms with Crippen molar-refractivity contribution in [3.05, 3.63) is 12.2 Å². The summed E-state index contributed by atoms with van der Waals surface area (Å²) in [4.78, 5) is 21.6. The van der Waals surface area contributed by atoms with Gasteiger partial charge in [0.05, 0.1) is 0 Å². The van der Waals surface area contributed by atoms with E-state index < -0.39 is 11.9 Å². The molecule has 3 heteroatoms. The molecule has 0 saturated carbocycles. The van der Waals surface area contributed by atoms with E-state index >= 15 is 0 Å². The third-order valence-electron chi connectivity index (χ3n) is 2.90. The monoisotopic (exact) mass is 268 g/mol. The summed E-state index contributed by atoms with van der Waals surface area (Å²) < 4.78 is 4.46. The number of ether oxygens (including phenoxy) is 1. The standard InChI is InChI=1S/C16H28O3/c1-3-4-5-6-7-8-9-10-11-12-13-14-16(18)19-15(2)17/h6-7H,3-5,8-14H2,1-2H3. The highest BCUT2D eigenvalue weighted by molar-refractivity contribution is 5.83. The third-order valence-corrected chi connectivity index (χ3v) is 2.90. The van der Waals surface area contributed by atoms with Crippen LogP contribution in [0.5, 0.6) is 0 Å². The molecule has 19 heavy (non-hydrogen) atoms. The van der Waals surface area contributed by atoms with Crippen molar-refractivity contribution in [1.82, 2.24) is 0 Å². The highest BCUT2D eigenvalue weighted by Crippen LogP contribution is 2.08. The van der Waals surface area contributed by atoms with Crippen LogP contribution in [0.1, 0.15) is 78.1 Å². The fraction of sp³-hybridized carbons (Fsp3) is 0.750. The van der Waals surface area contributed by atoms with Crippen molar-refractivity contribution in [2.45, 2.75) is 78.1 Å². The van der Waals surface area contributed by atoms with E-state index in [1.165, 1.54) is 39.0 Å². The van der Waals surface area contributed by atoms with E-state index in [1.807, 2.05) is 0 Å². The lowest BCUT2D eigenvalue weighted by molar-refractivity contribution is -0.158.